The molecule has 1 aromatic rings. The molecule has 3 N–H and O–H groups in total. The number of hydrogen-bond donors (Lipinski definition) is 3. The fourth-order valence-corrected chi connectivity index (χ4v) is 2.09. The van der Waals surface area contributed by atoms with Crippen molar-refractivity contribution in [1.82, 2.24) is 5.32 Å². The Balaban J connectivity index is 1.99. The average Bonchev–Trinajstić information content (AvgIpc) is 2.64. The SMILES string of the molecule is O=C1CCCCC(C(=O)Nc2ccc(C(=O)O)cc2)N1. The Hall–Kier alpha value is -2.37. The summed E-state index contributed by atoms with van der Waals surface area (Å²) >= 11 is 0. The van der Waals surface area contributed by atoms with Gasteiger partial charge in [-0.1, -0.05) is 6.42 Å². The molecule has 2 rings (SSSR count). The lowest BCUT2D eigenvalue weighted by molar-refractivity contribution is -0.125. The van der Waals surface area contributed by atoms with Gasteiger partial charge < -0.3 is 15.7 Å². The zero-order valence-electron chi connectivity index (χ0n) is 10.9. The molecular weight excluding hydrogens is 260 g/mol. The van der Waals surface area contributed by atoms with Crippen LogP contribution < -0.4 is 10.6 Å². The van der Waals surface area contributed by atoms with Crippen molar-refractivity contribution >= 4 is 23.5 Å². The van der Waals surface area contributed by atoms with Crippen molar-refractivity contribution < 1.29 is 19.5 Å². The Labute approximate surface area is 116 Å². The molecule has 1 fully saturated rings. The van der Waals surface area contributed by atoms with Gasteiger partial charge >= 0.3 is 5.97 Å². The van der Waals surface area contributed by atoms with Crippen LogP contribution in [0.4, 0.5) is 5.69 Å². The van der Waals surface area contributed by atoms with Gasteiger partial charge in [0, 0.05) is 12.1 Å². The standard InChI is InChI=1S/C14H16N2O4/c17-12-4-2-1-3-11(16-12)13(18)15-10-7-5-9(6-8-10)14(19)20/h5-8,11H,1-4H2,(H,15,18)(H,16,17)(H,19,20). The van der Waals surface area contributed by atoms with Crippen LogP contribution in [0.1, 0.15) is 36.0 Å². The van der Waals surface area contributed by atoms with Gasteiger partial charge in [0.2, 0.25) is 11.8 Å². The van der Waals surface area contributed by atoms with Crippen molar-refractivity contribution in [2.45, 2.75) is 31.7 Å². The predicted molar refractivity (Wildman–Crippen MR) is 72.4 cm³/mol. The summed E-state index contributed by atoms with van der Waals surface area (Å²) in [5.41, 5.74) is 0.671. The van der Waals surface area contributed by atoms with Crippen molar-refractivity contribution in [3.8, 4) is 0 Å². The number of amides is 2. The number of hydrogen-bond acceptors (Lipinski definition) is 3. The average molecular weight is 276 g/mol. The molecule has 20 heavy (non-hydrogen) atoms. The van der Waals surface area contributed by atoms with Gasteiger partial charge in [-0.25, -0.2) is 4.79 Å². The van der Waals surface area contributed by atoms with Crippen LogP contribution in [0.2, 0.25) is 0 Å². The predicted octanol–water partition coefficient (Wildman–Crippen LogP) is 1.38. The van der Waals surface area contributed by atoms with Gasteiger partial charge in [0.25, 0.3) is 0 Å². The van der Waals surface area contributed by atoms with E-state index in [2.05, 4.69) is 10.6 Å². The minimum absolute atomic E-state index is 0.108. The molecule has 6 heteroatoms. The van der Waals surface area contributed by atoms with Gasteiger partial charge in [-0.2, -0.15) is 0 Å². The molecule has 1 aliphatic rings. The Morgan fingerprint density at radius 1 is 1.20 bits per heavy atom. The third-order valence-corrected chi connectivity index (χ3v) is 3.20. The van der Waals surface area contributed by atoms with E-state index >= 15 is 0 Å². The fourth-order valence-electron chi connectivity index (χ4n) is 2.09. The van der Waals surface area contributed by atoms with Gasteiger partial charge in [-0.05, 0) is 37.1 Å². The van der Waals surface area contributed by atoms with Crippen molar-refractivity contribution in [3.63, 3.8) is 0 Å². The lowest BCUT2D eigenvalue weighted by Crippen LogP contribution is -2.42. The normalized spacial score (nSPS) is 18.8. The maximum Gasteiger partial charge on any atom is 0.335 e. The third kappa shape index (κ3) is 3.57. The maximum absolute atomic E-state index is 12.0. The number of carboxylic acids is 1. The highest BCUT2D eigenvalue weighted by atomic mass is 16.4. The Kier molecular flexibility index (Phi) is 4.34. The summed E-state index contributed by atoms with van der Waals surface area (Å²) in [5, 5.41) is 14.1. The Bertz CT molecular complexity index is 524. The highest BCUT2D eigenvalue weighted by molar-refractivity contribution is 5.97. The van der Waals surface area contributed by atoms with Crippen LogP contribution in [0.25, 0.3) is 0 Å². The Morgan fingerprint density at radius 2 is 1.90 bits per heavy atom. The second-order valence-electron chi connectivity index (χ2n) is 4.74. The van der Waals surface area contributed by atoms with Gasteiger partial charge in [0.1, 0.15) is 6.04 Å². The minimum atomic E-state index is -1.01. The molecular formula is C14H16N2O4. The number of aromatic carboxylic acids is 1. The van der Waals surface area contributed by atoms with Crippen LogP contribution in [0.5, 0.6) is 0 Å². The molecule has 106 valence electrons. The summed E-state index contributed by atoms with van der Waals surface area (Å²) in [6.07, 6.45) is 2.69. The van der Waals surface area contributed by atoms with Gasteiger partial charge in [-0.15, -0.1) is 0 Å². The van der Waals surface area contributed by atoms with Gasteiger partial charge in [-0.3, -0.25) is 9.59 Å². The number of carboxylic acid groups (broad SMARTS) is 1. The highest BCUT2D eigenvalue weighted by Gasteiger charge is 2.23. The first-order valence-electron chi connectivity index (χ1n) is 6.50. The first-order chi connectivity index (χ1) is 9.56. The molecule has 0 bridgehead atoms. The second-order valence-corrected chi connectivity index (χ2v) is 4.74. The molecule has 1 saturated heterocycles. The lowest BCUT2D eigenvalue weighted by Gasteiger charge is -2.15. The van der Waals surface area contributed by atoms with Crippen molar-refractivity contribution in [3.05, 3.63) is 29.8 Å². The number of nitrogens with one attached hydrogen (secondary N) is 2. The van der Waals surface area contributed by atoms with E-state index in [4.69, 9.17) is 5.11 Å². The topological polar surface area (TPSA) is 95.5 Å². The van der Waals surface area contributed by atoms with E-state index in [9.17, 15) is 14.4 Å². The third-order valence-electron chi connectivity index (χ3n) is 3.20. The number of anilines is 1. The summed E-state index contributed by atoms with van der Waals surface area (Å²) in [6.45, 7) is 0. The molecule has 0 saturated carbocycles. The van der Waals surface area contributed by atoms with E-state index in [1.165, 1.54) is 24.3 Å². The summed E-state index contributed by atoms with van der Waals surface area (Å²) in [5.74, 6) is -1.40. The number of rotatable bonds is 3. The molecule has 1 atom stereocenters. The highest BCUT2D eigenvalue weighted by Crippen LogP contribution is 2.13. The summed E-state index contributed by atoms with van der Waals surface area (Å²) in [6, 6.07) is 5.37. The fraction of sp³-hybridized carbons (Fsp3) is 0.357. The quantitative estimate of drug-likeness (QED) is 0.777. The van der Waals surface area contributed by atoms with Crippen molar-refractivity contribution in [2.75, 3.05) is 5.32 Å². The molecule has 2 amide bonds. The van der Waals surface area contributed by atoms with Crippen LogP contribution in [0.15, 0.2) is 24.3 Å². The molecule has 1 heterocycles. The van der Waals surface area contributed by atoms with E-state index < -0.39 is 12.0 Å². The summed E-state index contributed by atoms with van der Waals surface area (Å²) < 4.78 is 0. The molecule has 6 nitrogen and oxygen atoms in total. The zero-order chi connectivity index (χ0) is 14.5. The van der Waals surface area contributed by atoms with Gasteiger partial charge in [0.15, 0.2) is 0 Å². The van der Waals surface area contributed by atoms with E-state index in [0.29, 0.717) is 18.5 Å². The van der Waals surface area contributed by atoms with E-state index in [0.717, 1.165) is 12.8 Å². The van der Waals surface area contributed by atoms with Crippen LogP contribution >= 0.6 is 0 Å². The van der Waals surface area contributed by atoms with Crippen molar-refractivity contribution in [2.24, 2.45) is 0 Å². The molecule has 1 unspecified atom stereocenters. The van der Waals surface area contributed by atoms with Crippen LogP contribution in [0, 0.1) is 0 Å². The molecule has 0 radical (unpaired) electrons. The molecule has 0 spiro atoms. The molecule has 1 aromatic carbocycles. The molecule has 0 aliphatic carbocycles. The summed E-state index contributed by atoms with van der Waals surface area (Å²) in [4.78, 5) is 34.2. The number of carbonyl (C=O) groups excluding carboxylic acids is 2. The minimum Gasteiger partial charge on any atom is -0.478 e. The molecule has 0 aromatic heterocycles. The summed E-state index contributed by atoms with van der Waals surface area (Å²) in [7, 11) is 0. The van der Waals surface area contributed by atoms with Crippen LogP contribution in [-0.2, 0) is 9.59 Å². The largest absolute Gasteiger partial charge is 0.478 e. The first-order valence-corrected chi connectivity index (χ1v) is 6.50. The van der Waals surface area contributed by atoms with Crippen LogP contribution in [-0.4, -0.2) is 28.9 Å². The Morgan fingerprint density at radius 3 is 2.55 bits per heavy atom. The smallest absolute Gasteiger partial charge is 0.335 e. The maximum atomic E-state index is 12.0. The first kappa shape index (κ1) is 14.0. The molecule has 1 aliphatic heterocycles. The van der Waals surface area contributed by atoms with Gasteiger partial charge in [0.05, 0.1) is 5.56 Å². The van der Waals surface area contributed by atoms with E-state index in [1.807, 2.05) is 0 Å². The number of benzene rings is 1. The zero-order valence-corrected chi connectivity index (χ0v) is 10.9. The van der Waals surface area contributed by atoms with E-state index in [1.54, 1.807) is 0 Å². The van der Waals surface area contributed by atoms with E-state index in [-0.39, 0.29) is 17.4 Å². The second kappa shape index (κ2) is 6.18. The van der Waals surface area contributed by atoms with Crippen LogP contribution in [0.3, 0.4) is 0 Å². The number of carbonyl (C=O) groups is 3. The van der Waals surface area contributed by atoms with Crippen molar-refractivity contribution in [1.29, 1.82) is 0 Å². The lowest BCUT2D eigenvalue weighted by atomic mass is 10.1. The monoisotopic (exact) mass is 276 g/mol.